The average molecular weight is 591 g/mol. The van der Waals surface area contributed by atoms with Crippen LogP contribution in [0.3, 0.4) is 0 Å². The summed E-state index contributed by atoms with van der Waals surface area (Å²) in [5.74, 6) is -1.75. The number of anilines is 1. The lowest BCUT2D eigenvalue weighted by Crippen LogP contribution is -2.82. The van der Waals surface area contributed by atoms with Gasteiger partial charge in [-0.05, 0) is 44.7 Å². The molecule has 4 fully saturated rings. The summed E-state index contributed by atoms with van der Waals surface area (Å²) >= 11 is 18.4. The molecule has 2 N–H and O–H groups in total. The minimum Gasteiger partial charge on any atom is -0.459 e. The van der Waals surface area contributed by atoms with Crippen LogP contribution in [0, 0.1) is 5.92 Å². The Balaban J connectivity index is 1.34. The molecule has 4 aliphatic rings. The van der Waals surface area contributed by atoms with Crippen LogP contribution in [-0.4, -0.2) is 72.9 Å². The van der Waals surface area contributed by atoms with Gasteiger partial charge in [-0.15, -0.1) is 11.8 Å². The minimum atomic E-state index is -1.92. The molecule has 5 rings (SSSR count). The number of hydrogen-bond donors (Lipinski definition) is 1. The molecule has 9 nitrogen and oxygen atoms in total. The minimum absolute atomic E-state index is 0.294. The first-order chi connectivity index (χ1) is 17.2. The maximum Gasteiger partial charge on any atom is 0.414 e. The molecular formula is C24H26Cl3N3O6S. The van der Waals surface area contributed by atoms with Gasteiger partial charge in [0.05, 0.1) is 11.3 Å². The van der Waals surface area contributed by atoms with Crippen LogP contribution in [0.5, 0.6) is 0 Å². The molecule has 2 saturated carbocycles. The van der Waals surface area contributed by atoms with Crippen LogP contribution in [0.1, 0.15) is 33.1 Å². The van der Waals surface area contributed by atoms with Gasteiger partial charge in [-0.3, -0.25) is 14.5 Å². The second kappa shape index (κ2) is 8.91. The third-order valence-corrected chi connectivity index (χ3v) is 9.79. The predicted molar refractivity (Wildman–Crippen MR) is 140 cm³/mol. The van der Waals surface area contributed by atoms with Crippen LogP contribution >= 0.6 is 46.6 Å². The molecule has 37 heavy (non-hydrogen) atoms. The fourth-order valence-electron chi connectivity index (χ4n) is 5.18. The van der Waals surface area contributed by atoms with Crippen molar-refractivity contribution in [2.75, 3.05) is 18.1 Å². The normalized spacial score (nSPS) is 32.5. The Kier molecular flexibility index (Phi) is 6.47. The third-order valence-electron chi connectivity index (χ3n) is 7.65. The van der Waals surface area contributed by atoms with Gasteiger partial charge in [0.15, 0.2) is 16.9 Å². The number of nitrogens with two attached hydrogens (primary N) is 1. The van der Waals surface area contributed by atoms with Crippen molar-refractivity contribution in [1.29, 1.82) is 0 Å². The molecule has 0 spiro atoms. The Labute approximate surface area is 233 Å². The maximum absolute atomic E-state index is 13.6. The van der Waals surface area contributed by atoms with Crippen LogP contribution in [-0.2, 0) is 23.9 Å². The molecule has 200 valence electrons. The van der Waals surface area contributed by atoms with Gasteiger partial charge < -0.3 is 20.1 Å². The number of nitrogens with zero attached hydrogens (tertiary/aromatic N) is 2. The zero-order valence-electron chi connectivity index (χ0n) is 20.1. The van der Waals surface area contributed by atoms with Crippen molar-refractivity contribution >= 4 is 76.0 Å². The lowest BCUT2D eigenvalue weighted by Gasteiger charge is -2.52. The number of benzene rings is 1. The molecule has 2 aliphatic heterocycles. The number of halogens is 3. The van der Waals surface area contributed by atoms with E-state index in [-0.39, 0.29) is 6.10 Å². The molecule has 1 aromatic carbocycles. The van der Waals surface area contributed by atoms with E-state index < -0.39 is 61.9 Å². The van der Waals surface area contributed by atoms with E-state index in [0.717, 1.165) is 12.8 Å². The fraction of sp³-hybridized carbons (Fsp3) is 0.583. The number of Topliss-reactive ketones (excluding diaryl/α,β-unsaturated/α-hetero) is 1. The van der Waals surface area contributed by atoms with Crippen LogP contribution in [0.25, 0.3) is 0 Å². The van der Waals surface area contributed by atoms with Crippen molar-refractivity contribution < 1.29 is 28.7 Å². The molecule has 1 aromatic rings. The Hall–Kier alpha value is -1.72. The van der Waals surface area contributed by atoms with E-state index >= 15 is 0 Å². The van der Waals surface area contributed by atoms with Gasteiger partial charge in [0.2, 0.25) is 3.79 Å². The summed E-state index contributed by atoms with van der Waals surface area (Å²) in [6.45, 7) is 2.68. The summed E-state index contributed by atoms with van der Waals surface area (Å²) in [4.78, 5) is 55.6. The van der Waals surface area contributed by atoms with Gasteiger partial charge in [0, 0.05) is 12.1 Å². The van der Waals surface area contributed by atoms with E-state index in [1.54, 1.807) is 37.3 Å². The molecule has 2 amide bonds. The van der Waals surface area contributed by atoms with E-state index in [1.807, 2.05) is 6.92 Å². The number of β-lactam (4-membered cyclic amide) rings is 1. The molecule has 2 heterocycles. The number of para-hydroxylation sites is 1. The quantitative estimate of drug-likeness (QED) is 0.212. The molecule has 2 aliphatic carbocycles. The number of thioether (sulfide) groups is 1. The highest BCUT2D eigenvalue weighted by atomic mass is 35.6. The SMILES string of the molecule is CC(OC(=O)N(CC(=O)C1(N)C(=O)N2[C@H]1SC1(C)CC21C(=O)OCC(Cl)(Cl)Cl)c1ccccc1)C1CC1. The van der Waals surface area contributed by atoms with Gasteiger partial charge in [0.25, 0.3) is 5.91 Å². The predicted octanol–water partition coefficient (Wildman–Crippen LogP) is 3.42. The Morgan fingerprint density at radius 3 is 2.49 bits per heavy atom. The van der Waals surface area contributed by atoms with Crippen LogP contribution in [0.2, 0.25) is 0 Å². The molecule has 5 atom stereocenters. The Bertz CT molecular complexity index is 1160. The van der Waals surface area contributed by atoms with Crippen molar-refractivity contribution in [3.63, 3.8) is 0 Å². The van der Waals surface area contributed by atoms with E-state index in [2.05, 4.69) is 0 Å². The monoisotopic (exact) mass is 589 g/mol. The Morgan fingerprint density at radius 2 is 1.89 bits per heavy atom. The van der Waals surface area contributed by atoms with Gasteiger partial charge in [-0.2, -0.15) is 0 Å². The number of ketones is 1. The molecule has 13 heteroatoms. The first-order valence-electron chi connectivity index (χ1n) is 11.9. The largest absolute Gasteiger partial charge is 0.459 e. The summed E-state index contributed by atoms with van der Waals surface area (Å²) in [5, 5.41) is -0.800. The highest BCUT2D eigenvalue weighted by Gasteiger charge is 2.88. The first-order valence-corrected chi connectivity index (χ1v) is 13.9. The van der Waals surface area contributed by atoms with Crippen molar-refractivity contribution in [3.05, 3.63) is 30.3 Å². The van der Waals surface area contributed by atoms with Crippen LogP contribution in [0.15, 0.2) is 30.3 Å². The number of carbonyl (C=O) groups excluding carboxylic acids is 4. The molecule has 4 unspecified atom stereocenters. The number of alkyl halides is 3. The van der Waals surface area contributed by atoms with Gasteiger partial charge >= 0.3 is 12.1 Å². The topological polar surface area (TPSA) is 119 Å². The summed E-state index contributed by atoms with van der Waals surface area (Å²) < 4.78 is 8.32. The van der Waals surface area contributed by atoms with E-state index in [4.69, 9.17) is 50.0 Å². The number of ether oxygens (including phenoxy) is 2. The van der Waals surface area contributed by atoms with E-state index in [1.165, 1.54) is 21.6 Å². The third kappa shape index (κ3) is 4.29. The average Bonchev–Trinajstić information content (AvgIpc) is 3.76. The van der Waals surface area contributed by atoms with Gasteiger partial charge in [0.1, 0.15) is 18.1 Å². The first kappa shape index (κ1) is 26.9. The highest BCUT2D eigenvalue weighted by Crippen LogP contribution is 2.73. The second-order valence-corrected chi connectivity index (χ2v) is 14.3. The molecule has 0 aromatic heterocycles. The smallest absolute Gasteiger partial charge is 0.414 e. The number of carbonyl (C=O) groups is 4. The van der Waals surface area contributed by atoms with E-state index in [0.29, 0.717) is 18.0 Å². The maximum atomic E-state index is 13.6. The summed E-state index contributed by atoms with van der Waals surface area (Å²) in [7, 11) is 0. The Morgan fingerprint density at radius 1 is 1.24 bits per heavy atom. The molecule has 0 radical (unpaired) electrons. The number of amides is 2. The van der Waals surface area contributed by atoms with Gasteiger partial charge in [-0.1, -0.05) is 53.0 Å². The summed E-state index contributed by atoms with van der Waals surface area (Å²) in [5.41, 5.74) is 3.69. The molecule has 0 bridgehead atoms. The van der Waals surface area contributed by atoms with Gasteiger partial charge in [-0.25, -0.2) is 9.59 Å². The highest BCUT2D eigenvalue weighted by molar-refractivity contribution is 8.02. The summed E-state index contributed by atoms with van der Waals surface area (Å²) in [6, 6.07) is 8.58. The lowest BCUT2D eigenvalue weighted by molar-refractivity contribution is -0.173. The van der Waals surface area contributed by atoms with Crippen molar-refractivity contribution in [3.8, 4) is 0 Å². The number of fused-ring (bicyclic) bond motifs is 3. The second-order valence-electron chi connectivity index (χ2n) is 10.2. The molecule has 2 saturated heterocycles. The van der Waals surface area contributed by atoms with Crippen LogP contribution in [0.4, 0.5) is 10.5 Å². The number of hydrogen-bond acceptors (Lipinski definition) is 8. The summed E-state index contributed by atoms with van der Waals surface area (Å²) in [6.07, 6.45) is 1.32. The number of esters is 1. The zero-order valence-corrected chi connectivity index (χ0v) is 23.2. The van der Waals surface area contributed by atoms with Crippen molar-refractivity contribution in [2.24, 2.45) is 11.7 Å². The van der Waals surface area contributed by atoms with E-state index in [9.17, 15) is 19.2 Å². The van der Waals surface area contributed by atoms with Crippen molar-refractivity contribution in [1.82, 2.24) is 4.90 Å². The lowest BCUT2D eigenvalue weighted by atomic mass is 9.82. The van der Waals surface area contributed by atoms with Crippen molar-refractivity contribution in [2.45, 2.75) is 64.2 Å². The zero-order chi connectivity index (χ0) is 27.0. The van der Waals surface area contributed by atoms with Crippen LogP contribution < -0.4 is 10.6 Å². The molecular weight excluding hydrogens is 565 g/mol. The standard InChI is InChI=1S/C24H26Cl3N3O6S/c1-13(14-8-9-14)36-20(34)29(15-6-4-3-5-7-15)10-16(31)24(28)17(32)30-18(24)37-21(2)11-22(21,30)19(33)35-12-23(25,26)27/h3-7,13-14,18H,8-12,28H2,1-2H3/t13?,18-,21?,22?,24?/m0/s1. The number of rotatable bonds is 8. The fourth-order valence-corrected chi connectivity index (χ4v) is 7.30.